The van der Waals surface area contributed by atoms with Crippen molar-refractivity contribution < 1.29 is 9.90 Å². The first-order valence-corrected chi connectivity index (χ1v) is 4.59. The molecule has 12 heavy (non-hydrogen) atoms. The second kappa shape index (κ2) is 4.23. The fourth-order valence-electron chi connectivity index (χ4n) is 1.04. The van der Waals surface area contributed by atoms with E-state index >= 15 is 0 Å². The van der Waals surface area contributed by atoms with E-state index in [-0.39, 0.29) is 6.42 Å². The summed E-state index contributed by atoms with van der Waals surface area (Å²) < 4.78 is 0. The lowest BCUT2D eigenvalue weighted by Crippen LogP contribution is -2.05. The lowest BCUT2D eigenvalue weighted by molar-refractivity contribution is -0.136. The lowest BCUT2D eigenvalue weighted by atomic mass is 10.1. The number of aliphatic carboxylic acids is 1. The van der Waals surface area contributed by atoms with E-state index in [9.17, 15) is 4.79 Å². The second-order valence-corrected chi connectivity index (χ2v) is 3.48. The molecule has 0 aliphatic rings. The van der Waals surface area contributed by atoms with Crippen LogP contribution in [-0.4, -0.2) is 17.6 Å². The van der Waals surface area contributed by atoms with Crippen molar-refractivity contribution in [2.45, 2.75) is 12.8 Å². The van der Waals surface area contributed by atoms with Crippen LogP contribution in [0.25, 0.3) is 0 Å². The number of nitrogens with two attached hydrogens (primary N) is 1. The monoisotopic (exact) mass is 185 g/mol. The molecule has 0 saturated heterocycles. The van der Waals surface area contributed by atoms with Gasteiger partial charge < -0.3 is 10.8 Å². The van der Waals surface area contributed by atoms with Gasteiger partial charge in [-0.25, -0.2) is 0 Å². The van der Waals surface area contributed by atoms with Gasteiger partial charge in [-0.15, -0.1) is 11.3 Å². The van der Waals surface area contributed by atoms with Gasteiger partial charge in [-0.3, -0.25) is 4.79 Å². The van der Waals surface area contributed by atoms with E-state index in [0.717, 1.165) is 16.9 Å². The van der Waals surface area contributed by atoms with Crippen LogP contribution in [0.5, 0.6) is 0 Å². The minimum atomic E-state index is -0.782. The van der Waals surface area contributed by atoms with E-state index in [4.69, 9.17) is 10.8 Å². The Morgan fingerprint density at radius 1 is 1.67 bits per heavy atom. The highest BCUT2D eigenvalue weighted by Crippen LogP contribution is 2.17. The van der Waals surface area contributed by atoms with Gasteiger partial charge in [0.25, 0.3) is 0 Å². The van der Waals surface area contributed by atoms with Crippen molar-refractivity contribution in [2.75, 3.05) is 6.54 Å². The van der Waals surface area contributed by atoms with Crippen molar-refractivity contribution in [1.29, 1.82) is 0 Å². The van der Waals surface area contributed by atoms with Gasteiger partial charge in [-0.05, 0) is 30.0 Å². The molecule has 0 unspecified atom stereocenters. The van der Waals surface area contributed by atoms with E-state index in [1.54, 1.807) is 0 Å². The van der Waals surface area contributed by atoms with Crippen molar-refractivity contribution in [3.05, 3.63) is 21.9 Å². The van der Waals surface area contributed by atoms with E-state index in [0.29, 0.717) is 6.54 Å². The zero-order valence-electron chi connectivity index (χ0n) is 6.62. The summed E-state index contributed by atoms with van der Waals surface area (Å²) in [7, 11) is 0. The molecule has 1 aromatic heterocycles. The molecular formula is C8H11NO2S. The SMILES string of the molecule is NCCc1ccsc1CC(=O)O. The first-order valence-electron chi connectivity index (χ1n) is 3.71. The summed E-state index contributed by atoms with van der Waals surface area (Å²) in [6.07, 6.45) is 0.888. The maximum atomic E-state index is 10.4. The average Bonchev–Trinajstić information content (AvgIpc) is 2.37. The summed E-state index contributed by atoms with van der Waals surface area (Å²) in [5.41, 5.74) is 6.45. The van der Waals surface area contributed by atoms with E-state index in [1.807, 2.05) is 11.4 Å². The second-order valence-electron chi connectivity index (χ2n) is 2.48. The van der Waals surface area contributed by atoms with Gasteiger partial charge in [-0.2, -0.15) is 0 Å². The predicted octanol–water partition coefficient (Wildman–Crippen LogP) is 0.876. The quantitative estimate of drug-likeness (QED) is 0.731. The standard InChI is InChI=1S/C8H11NO2S/c9-3-1-6-2-4-12-7(6)5-8(10)11/h2,4H,1,3,5,9H2,(H,10,11). The molecule has 3 N–H and O–H groups in total. The Balaban J connectivity index is 2.69. The molecule has 0 fully saturated rings. The largest absolute Gasteiger partial charge is 0.481 e. The molecule has 4 heteroatoms. The van der Waals surface area contributed by atoms with Crippen molar-refractivity contribution in [1.82, 2.24) is 0 Å². The first kappa shape index (κ1) is 9.22. The third-order valence-corrected chi connectivity index (χ3v) is 2.53. The number of hydrogen-bond donors (Lipinski definition) is 2. The van der Waals surface area contributed by atoms with Gasteiger partial charge >= 0.3 is 5.97 Å². The minimum absolute atomic E-state index is 0.118. The molecule has 1 rings (SSSR count). The van der Waals surface area contributed by atoms with Crippen LogP contribution < -0.4 is 5.73 Å². The Bertz CT molecular complexity index is 270. The van der Waals surface area contributed by atoms with Crippen molar-refractivity contribution >= 4 is 17.3 Å². The first-order chi connectivity index (χ1) is 5.74. The molecule has 0 aliphatic carbocycles. The molecule has 0 aliphatic heterocycles. The molecule has 66 valence electrons. The molecule has 0 amide bonds. The molecule has 1 aromatic rings. The number of hydrogen-bond acceptors (Lipinski definition) is 3. The number of carbonyl (C=O) groups is 1. The summed E-state index contributed by atoms with van der Waals surface area (Å²) in [4.78, 5) is 11.3. The molecule has 0 spiro atoms. The van der Waals surface area contributed by atoms with E-state index < -0.39 is 5.97 Å². The van der Waals surface area contributed by atoms with Crippen LogP contribution in [0.2, 0.25) is 0 Å². The number of thiophene rings is 1. The van der Waals surface area contributed by atoms with E-state index in [2.05, 4.69) is 0 Å². The lowest BCUT2D eigenvalue weighted by Gasteiger charge is -1.97. The highest BCUT2D eigenvalue weighted by Gasteiger charge is 2.06. The molecular weight excluding hydrogens is 174 g/mol. The molecule has 0 bridgehead atoms. The number of rotatable bonds is 4. The van der Waals surface area contributed by atoms with Gasteiger partial charge in [0, 0.05) is 4.88 Å². The van der Waals surface area contributed by atoms with Gasteiger partial charge in [0.15, 0.2) is 0 Å². The van der Waals surface area contributed by atoms with Crippen molar-refractivity contribution in [2.24, 2.45) is 5.73 Å². The van der Waals surface area contributed by atoms with Crippen LogP contribution in [0, 0.1) is 0 Å². The van der Waals surface area contributed by atoms with Crippen LogP contribution >= 0.6 is 11.3 Å². The molecule has 0 saturated carbocycles. The fourth-order valence-corrected chi connectivity index (χ4v) is 1.96. The third-order valence-electron chi connectivity index (χ3n) is 1.56. The molecule has 0 radical (unpaired) electrons. The summed E-state index contributed by atoms with van der Waals surface area (Å²) in [5, 5.41) is 10.5. The molecule has 0 atom stereocenters. The smallest absolute Gasteiger partial charge is 0.308 e. The zero-order chi connectivity index (χ0) is 8.97. The number of carboxylic acid groups (broad SMARTS) is 1. The van der Waals surface area contributed by atoms with Gasteiger partial charge in [0.05, 0.1) is 6.42 Å². The average molecular weight is 185 g/mol. The van der Waals surface area contributed by atoms with Gasteiger partial charge in [0.2, 0.25) is 0 Å². The topological polar surface area (TPSA) is 63.3 Å². The van der Waals surface area contributed by atoms with Crippen LogP contribution in [-0.2, 0) is 17.6 Å². The molecule has 0 aromatic carbocycles. The minimum Gasteiger partial charge on any atom is -0.481 e. The van der Waals surface area contributed by atoms with Gasteiger partial charge in [-0.1, -0.05) is 0 Å². The van der Waals surface area contributed by atoms with Crippen LogP contribution in [0.15, 0.2) is 11.4 Å². The maximum absolute atomic E-state index is 10.4. The Morgan fingerprint density at radius 3 is 3.00 bits per heavy atom. The van der Waals surface area contributed by atoms with Crippen LogP contribution in [0.1, 0.15) is 10.4 Å². The predicted molar refractivity (Wildman–Crippen MR) is 48.4 cm³/mol. The van der Waals surface area contributed by atoms with Crippen LogP contribution in [0.4, 0.5) is 0 Å². The summed E-state index contributed by atoms with van der Waals surface area (Å²) in [5.74, 6) is -0.782. The summed E-state index contributed by atoms with van der Waals surface area (Å²) in [6, 6.07) is 1.94. The van der Waals surface area contributed by atoms with Crippen molar-refractivity contribution in [3.63, 3.8) is 0 Å². The Morgan fingerprint density at radius 2 is 2.42 bits per heavy atom. The third kappa shape index (κ3) is 2.32. The molecule has 1 heterocycles. The number of carboxylic acids is 1. The normalized spacial score (nSPS) is 10.1. The molecule has 3 nitrogen and oxygen atoms in total. The van der Waals surface area contributed by atoms with E-state index in [1.165, 1.54) is 11.3 Å². The highest BCUT2D eigenvalue weighted by atomic mass is 32.1. The summed E-state index contributed by atoms with van der Waals surface area (Å²) in [6.45, 7) is 0.573. The highest BCUT2D eigenvalue weighted by molar-refractivity contribution is 7.10. The Labute approximate surface area is 74.8 Å². The Kier molecular flexibility index (Phi) is 3.25. The van der Waals surface area contributed by atoms with Crippen molar-refractivity contribution in [3.8, 4) is 0 Å². The summed E-state index contributed by atoms with van der Waals surface area (Å²) >= 11 is 1.48. The fraction of sp³-hybridized carbons (Fsp3) is 0.375. The maximum Gasteiger partial charge on any atom is 0.308 e. The Hall–Kier alpha value is -0.870. The van der Waals surface area contributed by atoms with Gasteiger partial charge in [0.1, 0.15) is 0 Å². The zero-order valence-corrected chi connectivity index (χ0v) is 7.43. The van der Waals surface area contributed by atoms with Crippen LogP contribution in [0.3, 0.4) is 0 Å².